The summed E-state index contributed by atoms with van der Waals surface area (Å²) < 4.78 is 25.1. The summed E-state index contributed by atoms with van der Waals surface area (Å²) in [4.78, 5) is 17.2. The predicted molar refractivity (Wildman–Crippen MR) is 108 cm³/mol. The van der Waals surface area contributed by atoms with Crippen LogP contribution >= 0.6 is 0 Å². The lowest BCUT2D eigenvalue weighted by Gasteiger charge is -2.46. The molecule has 1 amide bonds. The van der Waals surface area contributed by atoms with Gasteiger partial charge in [0.15, 0.2) is 9.84 Å². The van der Waals surface area contributed by atoms with Crippen LogP contribution in [0.25, 0.3) is 0 Å². The lowest BCUT2D eigenvalue weighted by Crippen LogP contribution is -2.64. The SMILES string of the molecule is Cc1ccc(N2C(=O)CN(C3CCCCCC3)[C@H]3CS(=O)(=O)C[C@H]32)cc1C. The third kappa shape index (κ3) is 3.66. The van der Waals surface area contributed by atoms with Crippen LogP contribution in [0, 0.1) is 13.8 Å². The van der Waals surface area contributed by atoms with Crippen molar-refractivity contribution in [3.63, 3.8) is 0 Å². The number of carbonyl (C=O) groups excluding carboxylic acids is 1. The highest BCUT2D eigenvalue weighted by Crippen LogP contribution is 2.35. The van der Waals surface area contributed by atoms with E-state index in [-0.39, 0.29) is 29.5 Å². The largest absolute Gasteiger partial charge is 0.306 e. The Kier molecular flexibility index (Phi) is 5.06. The number of amides is 1. The highest BCUT2D eigenvalue weighted by Gasteiger charge is 2.51. The summed E-state index contributed by atoms with van der Waals surface area (Å²) in [5.41, 5.74) is 3.15. The molecule has 1 aromatic carbocycles. The van der Waals surface area contributed by atoms with Crippen molar-refractivity contribution in [2.45, 2.75) is 70.5 Å². The number of sulfone groups is 1. The first-order chi connectivity index (χ1) is 12.9. The summed E-state index contributed by atoms with van der Waals surface area (Å²) in [6, 6.07) is 6.02. The Labute approximate surface area is 162 Å². The van der Waals surface area contributed by atoms with E-state index in [9.17, 15) is 13.2 Å². The molecule has 0 unspecified atom stereocenters. The summed E-state index contributed by atoms with van der Waals surface area (Å²) in [5, 5.41) is 0. The smallest absolute Gasteiger partial charge is 0.241 e. The standard InChI is InChI=1S/C21H30N2O3S/c1-15-9-10-18(11-16(15)2)23-20-14-27(25,26)13-19(20)22(12-21(23)24)17-7-5-3-4-6-8-17/h9-11,17,19-20H,3-8,12-14H2,1-2H3/t19-,20+/m0/s1. The minimum absolute atomic E-state index is 0.0425. The molecule has 1 aliphatic carbocycles. The van der Waals surface area contributed by atoms with Gasteiger partial charge < -0.3 is 4.90 Å². The quantitative estimate of drug-likeness (QED) is 0.729. The van der Waals surface area contributed by atoms with Crippen LogP contribution in [0.1, 0.15) is 49.7 Å². The van der Waals surface area contributed by atoms with Crippen molar-refractivity contribution >= 4 is 21.4 Å². The van der Waals surface area contributed by atoms with Crippen LogP contribution in [0.2, 0.25) is 0 Å². The van der Waals surface area contributed by atoms with Crippen molar-refractivity contribution in [2.75, 3.05) is 23.0 Å². The Morgan fingerprint density at radius 2 is 1.59 bits per heavy atom. The van der Waals surface area contributed by atoms with E-state index in [2.05, 4.69) is 4.90 Å². The van der Waals surface area contributed by atoms with Gasteiger partial charge >= 0.3 is 0 Å². The van der Waals surface area contributed by atoms with Crippen LogP contribution in [-0.4, -0.2) is 55.4 Å². The molecule has 1 saturated carbocycles. The lowest BCUT2D eigenvalue weighted by molar-refractivity contribution is -0.124. The first kappa shape index (κ1) is 18.9. The van der Waals surface area contributed by atoms with Crippen molar-refractivity contribution in [1.29, 1.82) is 0 Å². The number of nitrogens with zero attached hydrogens (tertiary/aromatic N) is 2. The minimum Gasteiger partial charge on any atom is -0.306 e. The predicted octanol–water partition coefficient (Wildman–Crippen LogP) is 2.84. The van der Waals surface area contributed by atoms with Gasteiger partial charge in [0.2, 0.25) is 5.91 Å². The third-order valence-corrected chi connectivity index (χ3v) is 8.40. The van der Waals surface area contributed by atoms with E-state index in [1.807, 2.05) is 32.0 Å². The molecule has 3 fully saturated rings. The van der Waals surface area contributed by atoms with Crippen LogP contribution in [0.5, 0.6) is 0 Å². The van der Waals surface area contributed by atoms with Crippen molar-refractivity contribution in [3.05, 3.63) is 29.3 Å². The van der Waals surface area contributed by atoms with Crippen LogP contribution in [0.4, 0.5) is 5.69 Å². The molecule has 0 spiro atoms. The molecule has 2 aliphatic heterocycles. The van der Waals surface area contributed by atoms with Crippen LogP contribution in [0.15, 0.2) is 18.2 Å². The summed E-state index contributed by atoms with van der Waals surface area (Å²) in [5.74, 6) is 0.309. The number of aryl methyl sites for hydroxylation is 2. The molecule has 5 nitrogen and oxygen atoms in total. The zero-order valence-electron chi connectivity index (χ0n) is 16.4. The Hall–Kier alpha value is -1.40. The first-order valence-electron chi connectivity index (χ1n) is 10.2. The second-order valence-corrected chi connectivity index (χ2v) is 10.7. The van der Waals surface area contributed by atoms with Gasteiger partial charge in [-0.1, -0.05) is 31.7 Å². The zero-order valence-corrected chi connectivity index (χ0v) is 17.2. The van der Waals surface area contributed by atoms with E-state index in [0.717, 1.165) is 24.1 Å². The van der Waals surface area contributed by atoms with E-state index in [4.69, 9.17) is 0 Å². The topological polar surface area (TPSA) is 57.7 Å². The van der Waals surface area contributed by atoms with Gasteiger partial charge in [-0.3, -0.25) is 9.69 Å². The molecule has 0 bridgehead atoms. The van der Waals surface area contributed by atoms with Gasteiger partial charge in [-0.2, -0.15) is 0 Å². The number of hydrogen-bond donors (Lipinski definition) is 0. The van der Waals surface area contributed by atoms with Gasteiger partial charge in [-0.15, -0.1) is 0 Å². The Balaban J connectivity index is 1.68. The van der Waals surface area contributed by atoms with Gasteiger partial charge in [0, 0.05) is 17.8 Å². The molecule has 1 aromatic rings. The second kappa shape index (κ2) is 7.21. The average Bonchev–Trinajstić information content (AvgIpc) is 2.78. The van der Waals surface area contributed by atoms with Crippen molar-refractivity contribution in [3.8, 4) is 0 Å². The van der Waals surface area contributed by atoms with Crippen molar-refractivity contribution in [2.24, 2.45) is 0 Å². The molecule has 148 valence electrons. The van der Waals surface area contributed by atoms with Gasteiger partial charge in [0.1, 0.15) is 0 Å². The van der Waals surface area contributed by atoms with Gasteiger partial charge in [-0.05, 0) is 49.9 Å². The molecular weight excluding hydrogens is 360 g/mol. The molecule has 0 aromatic heterocycles. The highest BCUT2D eigenvalue weighted by atomic mass is 32.2. The number of hydrogen-bond acceptors (Lipinski definition) is 4. The first-order valence-corrected chi connectivity index (χ1v) is 12.0. The third-order valence-electron chi connectivity index (χ3n) is 6.70. The average molecular weight is 391 g/mol. The number of fused-ring (bicyclic) bond motifs is 1. The molecule has 27 heavy (non-hydrogen) atoms. The van der Waals surface area contributed by atoms with E-state index in [1.165, 1.54) is 31.2 Å². The second-order valence-electron chi connectivity index (χ2n) is 8.56. The molecule has 2 saturated heterocycles. The summed E-state index contributed by atoms with van der Waals surface area (Å²) in [6.45, 7) is 4.43. The number of benzene rings is 1. The van der Waals surface area contributed by atoms with Gasteiger partial charge in [0.25, 0.3) is 0 Å². The Morgan fingerprint density at radius 1 is 0.926 bits per heavy atom. The molecule has 2 atom stereocenters. The summed E-state index contributed by atoms with van der Waals surface area (Å²) in [6.07, 6.45) is 7.03. The molecule has 0 N–H and O–H groups in total. The van der Waals surface area contributed by atoms with Gasteiger partial charge in [-0.25, -0.2) is 8.42 Å². The number of rotatable bonds is 2. The van der Waals surface area contributed by atoms with Crippen LogP contribution in [-0.2, 0) is 14.6 Å². The van der Waals surface area contributed by atoms with Gasteiger partial charge in [0.05, 0.1) is 24.1 Å². The van der Waals surface area contributed by atoms with E-state index in [0.29, 0.717) is 12.6 Å². The van der Waals surface area contributed by atoms with E-state index in [1.54, 1.807) is 4.90 Å². The summed E-state index contributed by atoms with van der Waals surface area (Å²) >= 11 is 0. The van der Waals surface area contributed by atoms with Crippen molar-refractivity contribution in [1.82, 2.24) is 4.90 Å². The number of anilines is 1. The fourth-order valence-electron chi connectivity index (χ4n) is 5.11. The molecular formula is C21H30N2O3S. The maximum atomic E-state index is 13.2. The molecule has 6 heteroatoms. The maximum absolute atomic E-state index is 13.2. The Morgan fingerprint density at radius 3 is 2.26 bits per heavy atom. The van der Waals surface area contributed by atoms with Crippen molar-refractivity contribution < 1.29 is 13.2 Å². The number of piperazine rings is 1. The highest BCUT2D eigenvalue weighted by molar-refractivity contribution is 7.91. The summed E-state index contributed by atoms with van der Waals surface area (Å²) in [7, 11) is -3.13. The van der Waals surface area contributed by atoms with Crippen LogP contribution < -0.4 is 4.90 Å². The monoisotopic (exact) mass is 390 g/mol. The molecule has 2 heterocycles. The van der Waals surface area contributed by atoms with E-state index >= 15 is 0 Å². The lowest BCUT2D eigenvalue weighted by atomic mass is 9.97. The molecule has 0 radical (unpaired) electrons. The normalized spacial score (nSPS) is 29.6. The van der Waals surface area contributed by atoms with E-state index < -0.39 is 9.84 Å². The van der Waals surface area contributed by atoms with Crippen LogP contribution in [0.3, 0.4) is 0 Å². The number of carbonyl (C=O) groups is 1. The molecule has 3 aliphatic rings. The zero-order chi connectivity index (χ0) is 19.2. The fourth-order valence-corrected chi connectivity index (χ4v) is 7.07. The Bertz CT molecular complexity index is 828. The fraction of sp³-hybridized carbons (Fsp3) is 0.667. The minimum atomic E-state index is -3.13. The molecule has 4 rings (SSSR count). The maximum Gasteiger partial charge on any atom is 0.241 e.